The van der Waals surface area contributed by atoms with Gasteiger partial charge < -0.3 is 20.7 Å². The topological polar surface area (TPSA) is 74.8 Å². The average molecular weight is 476 g/mol. The number of aliphatic imine (C=N–C) groups is 1. The van der Waals surface area contributed by atoms with E-state index in [1.54, 1.807) is 0 Å². The van der Waals surface area contributed by atoms with Crippen molar-refractivity contribution in [2.45, 2.75) is 46.1 Å². The van der Waals surface area contributed by atoms with Crippen LogP contribution in [0.5, 0.6) is 0 Å². The van der Waals surface area contributed by atoms with E-state index in [0.29, 0.717) is 25.6 Å². The lowest BCUT2D eigenvalue weighted by molar-refractivity contribution is 0.0529. The molecule has 148 valence electrons. The van der Waals surface area contributed by atoms with E-state index in [4.69, 9.17) is 4.74 Å². The van der Waals surface area contributed by atoms with Crippen molar-refractivity contribution in [1.82, 2.24) is 16.0 Å². The molecule has 0 saturated carbocycles. The zero-order valence-corrected chi connectivity index (χ0v) is 18.8. The maximum Gasteiger partial charge on any atom is 0.407 e. The van der Waals surface area contributed by atoms with Crippen LogP contribution >= 0.6 is 24.0 Å². The van der Waals surface area contributed by atoms with Gasteiger partial charge in [-0.3, -0.25) is 4.99 Å². The molecular weight excluding hydrogens is 443 g/mol. The van der Waals surface area contributed by atoms with Crippen LogP contribution in [-0.2, 0) is 4.74 Å². The molecule has 1 rings (SSSR count). The fraction of sp³-hybridized carbons (Fsp3) is 0.579. The molecule has 3 N–H and O–H groups in total. The molecule has 0 bridgehead atoms. The maximum absolute atomic E-state index is 11.6. The zero-order valence-electron chi connectivity index (χ0n) is 16.5. The van der Waals surface area contributed by atoms with E-state index in [2.05, 4.69) is 40.0 Å². The highest BCUT2D eigenvalue weighted by Gasteiger charge is 2.15. The lowest BCUT2D eigenvalue weighted by atomic mass is 10.0. The number of halogens is 1. The largest absolute Gasteiger partial charge is 0.444 e. The van der Waals surface area contributed by atoms with Gasteiger partial charge in [-0.15, -0.1) is 24.0 Å². The summed E-state index contributed by atoms with van der Waals surface area (Å²) in [5.74, 6) is 1.09. The molecule has 0 aliphatic heterocycles. The molecule has 0 heterocycles. The maximum atomic E-state index is 11.6. The number of rotatable bonds is 7. The molecule has 0 radical (unpaired) electrons. The van der Waals surface area contributed by atoms with Crippen molar-refractivity contribution >= 4 is 36.0 Å². The van der Waals surface area contributed by atoms with Crippen LogP contribution in [0.1, 0.15) is 46.1 Å². The number of hydrogen-bond acceptors (Lipinski definition) is 3. The van der Waals surface area contributed by atoms with Crippen LogP contribution in [0.2, 0.25) is 0 Å². The minimum absolute atomic E-state index is 0. The van der Waals surface area contributed by atoms with Gasteiger partial charge in [-0.25, -0.2) is 4.79 Å². The standard InChI is InChI=1S/C19H32N4O2.HI/c1-6-20-17(21-12-13-22-18(24)25-19(3,4)5)23-14-15(2)16-10-8-7-9-11-16;/h7-11,15H,6,12-14H2,1-5H3,(H,22,24)(H2,20,21,23);1H. The number of nitrogens with zero attached hydrogens (tertiary/aromatic N) is 1. The summed E-state index contributed by atoms with van der Waals surface area (Å²) in [6.07, 6.45) is -0.408. The molecule has 0 aromatic heterocycles. The highest BCUT2D eigenvalue weighted by atomic mass is 127. The Morgan fingerprint density at radius 2 is 1.73 bits per heavy atom. The number of benzene rings is 1. The molecule has 1 aromatic carbocycles. The number of carbonyl (C=O) groups excluding carboxylic acids is 1. The predicted octanol–water partition coefficient (Wildman–Crippen LogP) is 3.49. The van der Waals surface area contributed by atoms with Gasteiger partial charge in [0.15, 0.2) is 5.96 Å². The van der Waals surface area contributed by atoms with E-state index >= 15 is 0 Å². The lowest BCUT2D eigenvalue weighted by Gasteiger charge is -2.20. The highest BCUT2D eigenvalue weighted by Crippen LogP contribution is 2.14. The van der Waals surface area contributed by atoms with E-state index in [1.165, 1.54) is 5.56 Å². The first kappa shape index (κ1) is 24.5. The molecule has 1 amide bonds. The van der Waals surface area contributed by atoms with Crippen LogP contribution in [0, 0.1) is 0 Å². The molecule has 26 heavy (non-hydrogen) atoms. The molecule has 7 heteroatoms. The number of amides is 1. The van der Waals surface area contributed by atoms with Gasteiger partial charge in [0.05, 0.1) is 0 Å². The summed E-state index contributed by atoms with van der Waals surface area (Å²) < 4.78 is 5.20. The molecule has 1 aromatic rings. The third-order valence-corrected chi connectivity index (χ3v) is 3.32. The Morgan fingerprint density at radius 1 is 1.12 bits per heavy atom. The molecule has 1 unspecified atom stereocenters. The number of carbonyl (C=O) groups is 1. The Balaban J connectivity index is 0.00000625. The molecule has 0 fully saturated rings. The van der Waals surface area contributed by atoms with E-state index in [9.17, 15) is 4.79 Å². The normalized spacial score (nSPS) is 12.6. The van der Waals surface area contributed by atoms with Crippen LogP contribution in [0.3, 0.4) is 0 Å². The van der Waals surface area contributed by atoms with Gasteiger partial charge in [0.1, 0.15) is 5.60 Å². The SMILES string of the molecule is CCNC(=NCC(C)c1ccccc1)NCCNC(=O)OC(C)(C)C.I. The first-order valence-corrected chi connectivity index (χ1v) is 8.85. The number of ether oxygens (including phenoxy) is 1. The van der Waals surface area contributed by atoms with E-state index in [-0.39, 0.29) is 24.0 Å². The smallest absolute Gasteiger partial charge is 0.407 e. The second-order valence-corrected chi connectivity index (χ2v) is 6.89. The number of nitrogens with one attached hydrogen (secondary N) is 3. The highest BCUT2D eigenvalue weighted by molar-refractivity contribution is 14.0. The molecule has 1 atom stereocenters. The fourth-order valence-electron chi connectivity index (χ4n) is 2.12. The zero-order chi connectivity index (χ0) is 18.7. The van der Waals surface area contributed by atoms with Gasteiger partial charge in [-0.05, 0) is 33.3 Å². The van der Waals surface area contributed by atoms with Gasteiger partial charge in [-0.2, -0.15) is 0 Å². The summed E-state index contributed by atoms with van der Waals surface area (Å²) >= 11 is 0. The summed E-state index contributed by atoms with van der Waals surface area (Å²) in [5.41, 5.74) is 0.787. The van der Waals surface area contributed by atoms with Crippen molar-refractivity contribution in [3.05, 3.63) is 35.9 Å². The van der Waals surface area contributed by atoms with Crippen molar-refractivity contribution < 1.29 is 9.53 Å². The Labute approximate surface area is 174 Å². The third kappa shape index (κ3) is 11.2. The fourth-order valence-corrected chi connectivity index (χ4v) is 2.12. The Hall–Kier alpha value is -1.51. The first-order chi connectivity index (χ1) is 11.8. The lowest BCUT2D eigenvalue weighted by Crippen LogP contribution is -2.42. The molecule has 0 spiro atoms. The van der Waals surface area contributed by atoms with Crippen molar-refractivity contribution in [1.29, 1.82) is 0 Å². The quantitative estimate of drug-likeness (QED) is 0.244. The molecule has 6 nitrogen and oxygen atoms in total. The van der Waals surface area contributed by atoms with Crippen LogP contribution < -0.4 is 16.0 Å². The second-order valence-electron chi connectivity index (χ2n) is 6.89. The molecule has 0 saturated heterocycles. The van der Waals surface area contributed by atoms with Gasteiger partial charge in [0.25, 0.3) is 0 Å². The van der Waals surface area contributed by atoms with E-state index < -0.39 is 11.7 Å². The predicted molar refractivity (Wildman–Crippen MR) is 118 cm³/mol. The number of guanidine groups is 1. The number of alkyl carbamates (subject to hydrolysis) is 1. The molecular formula is C19H33IN4O2. The molecule has 0 aliphatic carbocycles. The minimum atomic E-state index is -0.485. The summed E-state index contributed by atoms with van der Waals surface area (Å²) in [5, 5.41) is 9.15. The van der Waals surface area contributed by atoms with Gasteiger partial charge in [0.2, 0.25) is 0 Å². The Morgan fingerprint density at radius 3 is 2.31 bits per heavy atom. The Bertz CT molecular complexity index is 544. The number of hydrogen-bond donors (Lipinski definition) is 3. The van der Waals surface area contributed by atoms with E-state index in [1.807, 2.05) is 45.9 Å². The summed E-state index contributed by atoms with van der Waals surface area (Å²) in [7, 11) is 0. The van der Waals surface area contributed by atoms with E-state index in [0.717, 1.165) is 12.5 Å². The Kier molecular flexibility index (Phi) is 12.0. The van der Waals surface area contributed by atoms with Gasteiger partial charge >= 0.3 is 6.09 Å². The van der Waals surface area contributed by atoms with Crippen molar-refractivity contribution in [2.24, 2.45) is 4.99 Å². The van der Waals surface area contributed by atoms with Crippen LogP contribution in [0.4, 0.5) is 4.79 Å². The third-order valence-electron chi connectivity index (χ3n) is 3.32. The molecule has 0 aliphatic rings. The van der Waals surface area contributed by atoms with Crippen molar-refractivity contribution in [2.75, 3.05) is 26.2 Å². The second kappa shape index (κ2) is 12.8. The monoisotopic (exact) mass is 476 g/mol. The summed E-state index contributed by atoms with van der Waals surface area (Å²) in [6.45, 7) is 12.2. The van der Waals surface area contributed by atoms with Crippen LogP contribution in [-0.4, -0.2) is 43.8 Å². The van der Waals surface area contributed by atoms with Gasteiger partial charge in [-0.1, -0.05) is 37.3 Å². The van der Waals surface area contributed by atoms with Crippen molar-refractivity contribution in [3.8, 4) is 0 Å². The first-order valence-electron chi connectivity index (χ1n) is 8.85. The summed E-state index contributed by atoms with van der Waals surface area (Å²) in [6, 6.07) is 10.3. The summed E-state index contributed by atoms with van der Waals surface area (Å²) in [4.78, 5) is 16.2. The van der Waals surface area contributed by atoms with Crippen LogP contribution in [0.15, 0.2) is 35.3 Å². The van der Waals surface area contributed by atoms with Gasteiger partial charge in [0, 0.05) is 32.1 Å². The van der Waals surface area contributed by atoms with Crippen molar-refractivity contribution in [3.63, 3.8) is 0 Å². The minimum Gasteiger partial charge on any atom is -0.444 e. The van der Waals surface area contributed by atoms with Crippen LogP contribution in [0.25, 0.3) is 0 Å². The average Bonchev–Trinajstić information content (AvgIpc) is 2.55.